The standard InChI is InChI=1S/C13H13FO4/c1-2-7-18-12-5-3-9(14)8-10(12)11(15)4-6-13(16)17/h3-6,8H,2,7H2,1H3,(H,16,17)/b6-4+. The Labute approximate surface area is 104 Å². The summed E-state index contributed by atoms with van der Waals surface area (Å²) in [5.74, 6) is -2.18. The quantitative estimate of drug-likeness (QED) is 0.624. The van der Waals surface area contributed by atoms with Crippen LogP contribution in [-0.2, 0) is 4.79 Å². The van der Waals surface area contributed by atoms with E-state index in [-0.39, 0.29) is 11.3 Å². The summed E-state index contributed by atoms with van der Waals surface area (Å²) < 4.78 is 18.4. The fourth-order valence-electron chi connectivity index (χ4n) is 1.27. The average molecular weight is 252 g/mol. The molecule has 0 bridgehead atoms. The van der Waals surface area contributed by atoms with Gasteiger partial charge in [-0.05, 0) is 30.7 Å². The molecule has 0 aliphatic rings. The predicted octanol–water partition coefficient (Wildman–Crippen LogP) is 2.44. The minimum atomic E-state index is -1.24. The molecule has 1 aromatic rings. The zero-order valence-corrected chi connectivity index (χ0v) is 9.85. The Balaban J connectivity index is 3.00. The second-order valence-corrected chi connectivity index (χ2v) is 3.52. The van der Waals surface area contributed by atoms with Gasteiger partial charge in [-0.15, -0.1) is 0 Å². The number of benzene rings is 1. The van der Waals surface area contributed by atoms with Crippen LogP contribution < -0.4 is 4.74 Å². The molecule has 1 aromatic carbocycles. The molecule has 0 radical (unpaired) electrons. The third-order valence-electron chi connectivity index (χ3n) is 2.05. The molecular weight excluding hydrogens is 239 g/mol. The summed E-state index contributed by atoms with van der Waals surface area (Å²) in [6, 6.07) is 3.56. The van der Waals surface area contributed by atoms with E-state index in [9.17, 15) is 14.0 Å². The summed E-state index contributed by atoms with van der Waals surface area (Å²) in [4.78, 5) is 22.0. The van der Waals surface area contributed by atoms with E-state index in [0.29, 0.717) is 12.7 Å². The minimum absolute atomic E-state index is 0.0148. The van der Waals surface area contributed by atoms with Crippen LogP contribution in [0.3, 0.4) is 0 Å². The van der Waals surface area contributed by atoms with E-state index in [1.165, 1.54) is 12.1 Å². The largest absolute Gasteiger partial charge is 0.493 e. The molecule has 0 spiro atoms. The van der Waals surface area contributed by atoms with Gasteiger partial charge in [0, 0.05) is 6.08 Å². The highest BCUT2D eigenvalue weighted by Gasteiger charge is 2.11. The highest BCUT2D eigenvalue weighted by molar-refractivity contribution is 6.08. The lowest BCUT2D eigenvalue weighted by atomic mass is 10.1. The van der Waals surface area contributed by atoms with Crippen LogP contribution in [0.25, 0.3) is 0 Å². The highest BCUT2D eigenvalue weighted by atomic mass is 19.1. The first kappa shape index (κ1) is 13.9. The molecule has 0 aromatic heterocycles. The average Bonchev–Trinajstić information content (AvgIpc) is 2.34. The summed E-state index contributed by atoms with van der Waals surface area (Å²) in [6.07, 6.45) is 2.32. The molecule has 0 atom stereocenters. The van der Waals surface area contributed by atoms with Crippen molar-refractivity contribution in [3.63, 3.8) is 0 Å². The van der Waals surface area contributed by atoms with Gasteiger partial charge in [-0.3, -0.25) is 4.79 Å². The number of allylic oxidation sites excluding steroid dienone is 1. The van der Waals surface area contributed by atoms with Crippen molar-refractivity contribution in [3.8, 4) is 5.75 Å². The number of ether oxygens (including phenoxy) is 1. The van der Waals surface area contributed by atoms with Crippen molar-refractivity contribution in [3.05, 3.63) is 41.7 Å². The van der Waals surface area contributed by atoms with Crippen molar-refractivity contribution in [2.75, 3.05) is 6.61 Å². The van der Waals surface area contributed by atoms with E-state index in [1.807, 2.05) is 6.92 Å². The van der Waals surface area contributed by atoms with Crippen LogP contribution in [0.15, 0.2) is 30.4 Å². The van der Waals surface area contributed by atoms with Crippen LogP contribution in [0.5, 0.6) is 5.75 Å². The van der Waals surface area contributed by atoms with E-state index in [1.54, 1.807) is 0 Å². The van der Waals surface area contributed by atoms with Crippen LogP contribution in [0, 0.1) is 5.82 Å². The van der Waals surface area contributed by atoms with Gasteiger partial charge in [-0.1, -0.05) is 6.92 Å². The maximum Gasteiger partial charge on any atom is 0.328 e. The minimum Gasteiger partial charge on any atom is -0.493 e. The number of hydrogen-bond acceptors (Lipinski definition) is 3. The Hall–Kier alpha value is -2.17. The van der Waals surface area contributed by atoms with Crippen molar-refractivity contribution in [1.82, 2.24) is 0 Å². The second kappa shape index (κ2) is 6.54. The van der Waals surface area contributed by atoms with Gasteiger partial charge in [0.2, 0.25) is 0 Å². The van der Waals surface area contributed by atoms with Gasteiger partial charge in [0.05, 0.1) is 12.2 Å². The van der Waals surface area contributed by atoms with E-state index in [2.05, 4.69) is 0 Å². The number of rotatable bonds is 6. The first-order valence-electron chi connectivity index (χ1n) is 5.42. The van der Waals surface area contributed by atoms with Crippen LogP contribution in [-0.4, -0.2) is 23.5 Å². The van der Waals surface area contributed by atoms with Crippen molar-refractivity contribution in [2.45, 2.75) is 13.3 Å². The predicted molar refractivity (Wildman–Crippen MR) is 63.3 cm³/mol. The van der Waals surface area contributed by atoms with E-state index in [0.717, 1.165) is 18.6 Å². The molecule has 0 saturated heterocycles. The Morgan fingerprint density at radius 3 is 2.72 bits per heavy atom. The highest BCUT2D eigenvalue weighted by Crippen LogP contribution is 2.21. The van der Waals surface area contributed by atoms with Gasteiger partial charge in [0.15, 0.2) is 5.78 Å². The molecule has 4 nitrogen and oxygen atoms in total. The summed E-state index contributed by atoms with van der Waals surface area (Å²) in [7, 11) is 0. The van der Waals surface area contributed by atoms with Gasteiger partial charge in [-0.2, -0.15) is 0 Å². The van der Waals surface area contributed by atoms with Gasteiger partial charge in [-0.25, -0.2) is 9.18 Å². The topological polar surface area (TPSA) is 63.6 Å². The van der Waals surface area contributed by atoms with Crippen LogP contribution in [0.1, 0.15) is 23.7 Å². The molecule has 1 N–H and O–H groups in total. The second-order valence-electron chi connectivity index (χ2n) is 3.52. The van der Waals surface area contributed by atoms with E-state index >= 15 is 0 Å². The number of ketones is 1. The number of carboxylic acids is 1. The van der Waals surface area contributed by atoms with Gasteiger partial charge >= 0.3 is 5.97 Å². The maximum absolute atomic E-state index is 13.1. The van der Waals surface area contributed by atoms with Crippen LogP contribution in [0.4, 0.5) is 4.39 Å². The maximum atomic E-state index is 13.1. The molecule has 96 valence electrons. The Morgan fingerprint density at radius 1 is 1.39 bits per heavy atom. The first-order chi connectivity index (χ1) is 8.54. The van der Waals surface area contributed by atoms with Gasteiger partial charge in [0.25, 0.3) is 0 Å². The smallest absolute Gasteiger partial charge is 0.328 e. The number of carbonyl (C=O) groups excluding carboxylic acids is 1. The number of carbonyl (C=O) groups is 2. The molecule has 18 heavy (non-hydrogen) atoms. The first-order valence-corrected chi connectivity index (χ1v) is 5.42. The Bertz CT molecular complexity index is 480. The fraction of sp³-hybridized carbons (Fsp3) is 0.231. The summed E-state index contributed by atoms with van der Waals surface area (Å²) in [6.45, 7) is 2.30. The third kappa shape index (κ3) is 4.01. The lowest BCUT2D eigenvalue weighted by Gasteiger charge is -2.08. The molecule has 0 aliphatic heterocycles. The molecular formula is C13H13FO4. The molecule has 0 amide bonds. The van der Waals surface area contributed by atoms with Crippen LogP contribution >= 0.6 is 0 Å². The summed E-state index contributed by atoms with van der Waals surface area (Å²) in [5, 5.41) is 8.43. The molecule has 0 unspecified atom stereocenters. The normalized spacial score (nSPS) is 10.6. The molecule has 5 heteroatoms. The summed E-state index contributed by atoms with van der Waals surface area (Å²) >= 11 is 0. The zero-order valence-electron chi connectivity index (χ0n) is 9.85. The van der Waals surface area contributed by atoms with E-state index < -0.39 is 17.6 Å². The van der Waals surface area contributed by atoms with Crippen molar-refractivity contribution in [1.29, 1.82) is 0 Å². The Kier molecular flexibility index (Phi) is 5.05. The lowest BCUT2D eigenvalue weighted by Crippen LogP contribution is -2.04. The lowest BCUT2D eigenvalue weighted by molar-refractivity contribution is -0.131. The SMILES string of the molecule is CCCOc1ccc(F)cc1C(=O)/C=C/C(=O)O. The number of hydrogen-bond donors (Lipinski definition) is 1. The Morgan fingerprint density at radius 2 is 2.11 bits per heavy atom. The molecule has 1 rings (SSSR count). The zero-order chi connectivity index (χ0) is 13.5. The van der Waals surface area contributed by atoms with E-state index in [4.69, 9.17) is 9.84 Å². The molecule has 0 saturated carbocycles. The van der Waals surface area contributed by atoms with Gasteiger partial charge < -0.3 is 9.84 Å². The number of aliphatic carboxylic acids is 1. The molecule has 0 heterocycles. The van der Waals surface area contributed by atoms with Crippen molar-refractivity contribution >= 4 is 11.8 Å². The van der Waals surface area contributed by atoms with Crippen molar-refractivity contribution < 1.29 is 23.8 Å². The summed E-state index contributed by atoms with van der Waals surface area (Å²) in [5.41, 5.74) is 0.0148. The molecule has 0 fully saturated rings. The van der Waals surface area contributed by atoms with Crippen LogP contribution in [0.2, 0.25) is 0 Å². The fourth-order valence-corrected chi connectivity index (χ4v) is 1.27. The van der Waals surface area contributed by atoms with Gasteiger partial charge in [0.1, 0.15) is 11.6 Å². The van der Waals surface area contributed by atoms with Crippen molar-refractivity contribution in [2.24, 2.45) is 0 Å². The molecule has 0 aliphatic carbocycles. The monoisotopic (exact) mass is 252 g/mol. The third-order valence-corrected chi connectivity index (χ3v) is 2.05. The number of carboxylic acid groups (broad SMARTS) is 1. The number of halogens is 1.